The lowest BCUT2D eigenvalue weighted by molar-refractivity contribution is -0.140. The first-order valence-corrected chi connectivity index (χ1v) is 9.29. The van der Waals surface area contributed by atoms with Gasteiger partial charge in [0.2, 0.25) is 0 Å². The molecule has 25 heavy (non-hydrogen) atoms. The van der Waals surface area contributed by atoms with Gasteiger partial charge in [0.05, 0.1) is 5.01 Å². The summed E-state index contributed by atoms with van der Waals surface area (Å²) >= 11 is 1.04. The van der Waals surface area contributed by atoms with Gasteiger partial charge in [0.25, 0.3) is 0 Å². The minimum atomic E-state index is -4.37. The molecule has 0 unspecified atom stereocenters. The lowest BCUT2D eigenvalue weighted by Crippen LogP contribution is -2.40. The molecule has 0 aromatic carbocycles. The maximum atomic E-state index is 12.5. The van der Waals surface area contributed by atoms with Crippen LogP contribution < -0.4 is 5.32 Å². The first-order chi connectivity index (χ1) is 11.9. The van der Waals surface area contributed by atoms with Crippen molar-refractivity contribution in [3.63, 3.8) is 0 Å². The van der Waals surface area contributed by atoms with Crippen LogP contribution in [0.2, 0.25) is 0 Å². The monoisotopic (exact) mass is 378 g/mol. The van der Waals surface area contributed by atoms with Crippen LogP contribution in [-0.2, 0) is 17.3 Å². The number of halogens is 3. The lowest BCUT2D eigenvalue weighted by Gasteiger charge is -2.26. The summed E-state index contributed by atoms with van der Waals surface area (Å²) in [6.45, 7) is 3.07. The standard InChI is InChI=1S/C16H25F3N4OS/c1-20-15(23(2)8-4-12-5-9-24-10-6-12)21-7-3-14-22-13(11-25-14)16(17,18)19/h11-12H,3-10H2,1-2H3,(H,20,21). The number of rotatable bonds is 6. The molecule has 0 radical (unpaired) electrons. The summed E-state index contributed by atoms with van der Waals surface area (Å²) < 4.78 is 43.0. The van der Waals surface area contributed by atoms with Gasteiger partial charge in [-0.15, -0.1) is 11.3 Å². The van der Waals surface area contributed by atoms with Gasteiger partial charge in [-0.2, -0.15) is 13.2 Å². The maximum Gasteiger partial charge on any atom is 0.434 e. The number of aliphatic imine (C=N–C) groups is 1. The first kappa shape index (κ1) is 20.0. The van der Waals surface area contributed by atoms with Gasteiger partial charge in [0.15, 0.2) is 11.7 Å². The fourth-order valence-corrected chi connectivity index (χ4v) is 3.54. The van der Waals surface area contributed by atoms with E-state index in [4.69, 9.17) is 4.74 Å². The van der Waals surface area contributed by atoms with Crippen LogP contribution in [0, 0.1) is 5.92 Å². The highest BCUT2D eigenvalue weighted by Gasteiger charge is 2.33. The minimum absolute atomic E-state index is 0.438. The van der Waals surface area contributed by atoms with Crippen molar-refractivity contribution in [2.75, 3.05) is 40.4 Å². The Morgan fingerprint density at radius 2 is 2.16 bits per heavy atom. The van der Waals surface area contributed by atoms with Crippen LogP contribution in [0.25, 0.3) is 0 Å². The van der Waals surface area contributed by atoms with Crippen LogP contribution in [0.3, 0.4) is 0 Å². The number of guanidine groups is 1. The van der Waals surface area contributed by atoms with E-state index in [1.807, 2.05) is 7.05 Å². The van der Waals surface area contributed by atoms with E-state index in [2.05, 4.69) is 20.2 Å². The van der Waals surface area contributed by atoms with Gasteiger partial charge in [0.1, 0.15) is 0 Å². The number of nitrogens with zero attached hydrogens (tertiary/aromatic N) is 3. The van der Waals surface area contributed by atoms with Crippen molar-refractivity contribution in [2.24, 2.45) is 10.9 Å². The third-order valence-corrected chi connectivity index (χ3v) is 5.16. The predicted octanol–water partition coefficient (Wildman–Crippen LogP) is 3.03. The average molecular weight is 378 g/mol. The zero-order valence-electron chi connectivity index (χ0n) is 14.6. The van der Waals surface area contributed by atoms with Crippen molar-refractivity contribution >= 4 is 17.3 Å². The Kier molecular flexibility index (Phi) is 7.49. The summed E-state index contributed by atoms with van der Waals surface area (Å²) in [4.78, 5) is 9.93. The molecule has 0 bridgehead atoms. The summed E-state index contributed by atoms with van der Waals surface area (Å²) in [5.41, 5.74) is -0.814. The van der Waals surface area contributed by atoms with Crippen molar-refractivity contribution in [3.8, 4) is 0 Å². The Bertz CT molecular complexity index is 556. The number of nitrogens with one attached hydrogen (secondary N) is 1. The number of aromatic nitrogens is 1. The van der Waals surface area contributed by atoms with E-state index in [9.17, 15) is 13.2 Å². The molecule has 1 N–H and O–H groups in total. The van der Waals surface area contributed by atoms with Gasteiger partial charge in [-0.1, -0.05) is 0 Å². The van der Waals surface area contributed by atoms with Gasteiger partial charge in [-0.05, 0) is 25.2 Å². The second-order valence-corrected chi connectivity index (χ2v) is 7.06. The number of hydrogen-bond donors (Lipinski definition) is 1. The number of ether oxygens (including phenoxy) is 1. The van der Waals surface area contributed by atoms with E-state index in [0.29, 0.717) is 23.9 Å². The number of hydrogen-bond acceptors (Lipinski definition) is 4. The van der Waals surface area contributed by atoms with Crippen molar-refractivity contribution in [3.05, 3.63) is 16.1 Å². The van der Waals surface area contributed by atoms with Crippen LogP contribution in [0.5, 0.6) is 0 Å². The molecule has 9 heteroatoms. The van der Waals surface area contributed by atoms with Gasteiger partial charge in [-0.3, -0.25) is 4.99 Å². The quantitative estimate of drug-likeness (QED) is 0.611. The third-order valence-electron chi connectivity index (χ3n) is 4.25. The highest BCUT2D eigenvalue weighted by atomic mass is 32.1. The zero-order chi connectivity index (χ0) is 18.3. The summed E-state index contributed by atoms with van der Waals surface area (Å²) in [6.07, 6.45) is -0.644. The maximum absolute atomic E-state index is 12.5. The second kappa shape index (κ2) is 9.38. The van der Waals surface area contributed by atoms with Crippen molar-refractivity contribution in [1.82, 2.24) is 15.2 Å². The van der Waals surface area contributed by atoms with E-state index in [1.165, 1.54) is 0 Å². The molecule has 0 spiro atoms. The SMILES string of the molecule is CN=C(NCCc1nc(C(F)(F)F)cs1)N(C)CCC1CCOCC1. The second-order valence-electron chi connectivity index (χ2n) is 6.11. The van der Waals surface area contributed by atoms with Crippen molar-refractivity contribution < 1.29 is 17.9 Å². The minimum Gasteiger partial charge on any atom is -0.381 e. The summed E-state index contributed by atoms with van der Waals surface area (Å²) in [7, 11) is 3.68. The summed E-state index contributed by atoms with van der Waals surface area (Å²) in [5.74, 6) is 1.44. The highest BCUT2D eigenvalue weighted by molar-refractivity contribution is 7.09. The predicted molar refractivity (Wildman–Crippen MR) is 93.0 cm³/mol. The topological polar surface area (TPSA) is 49.8 Å². The molecule has 2 rings (SSSR count). The van der Waals surface area contributed by atoms with E-state index in [0.717, 1.165) is 61.7 Å². The molecular formula is C16H25F3N4OS. The van der Waals surface area contributed by atoms with E-state index in [-0.39, 0.29) is 0 Å². The summed E-state index contributed by atoms with van der Waals surface area (Å²) in [6, 6.07) is 0. The molecule has 2 heterocycles. The Labute approximate surface area is 150 Å². The van der Waals surface area contributed by atoms with Crippen molar-refractivity contribution in [2.45, 2.75) is 31.9 Å². The normalized spacial score (nSPS) is 16.9. The molecule has 1 fully saturated rings. The highest BCUT2D eigenvalue weighted by Crippen LogP contribution is 2.30. The van der Waals surface area contributed by atoms with E-state index < -0.39 is 11.9 Å². The molecular weight excluding hydrogens is 353 g/mol. The average Bonchev–Trinajstić information content (AvgIpc) is 3.07. The van der Waals surface area contributed by atoms with Crippen LogP contribution in [0.15, 0.2) is 10.4 Å². The largest absolute Gasteiger partial charge is 0.434 e. The number of alkyl halides is 3. The smallest absolute Gasteiger partial charge is 0.381 e. The lowest BCUT2D eigenvalue weighted by atomic mass is 9.96. The molecule has 0 atom stereocenters. The molecule has 142 valence electrons. The van der Waals surface area contributed by atoms with Gasteiger partial charge in [-0.25, -0.2) is 4.98 Å². The molecule has 0 aliphatic carbocycles. The molecule has 1 saturated heterocycles. The zero-order valence-corrected chi connectivity index (χ0v) is 15.4. The van der Waals surface area contributed by atoms with Crippen molar-refractivity contribution in [1.29, 1.82) is 0 Å². The Morgan fingerprint density at radius 1 is 1.44 bits per heavy atom. The molecule has 0 amide bonds. The molecule has 1 aliphatic rings. The van der Waals surface area contributed by atoms with E-state index >= 15 is 0 Å². The summed E-state index contributed by atoms with van der Waals surface area (Å²) in [5, 5.41) is 4.72. The molecule has 0 saturated carbocycles. The Balaban J connectivity index is 1.72. The van der Waals surface area contributed by atoms with Crippen LogP contribution in [-0.4, -0.2) is 56.2 Å². The van der Waals surface area contributed by atoms with Crippen LogP contribution >= 0.6 is 11.3 Å². The third kappa shape index (κ3) is 6.47. The molecule has 1 aromatic rings. The Morgan fingerprint density at radius 3 is 2.76 bits per heavy atom. The van der Waals surface area contributed by atoms with E-state index in [1.54, 1.807) is 7.05 Å². The first-order valence-electron chi connectivity index (χ1n) is 8.41. The molecule has 5 nitrogen and oxygen atoms in total. The van der Waals surface area contributed by atoms with Crippen LogP contribution in [0.4, 0.5) is 13.2 Å². The Hall–Kier alpha value is -1.35. The fraction of sp³-hybridized carbons (Fsp3) is 0.750. The van der Waals surface area contributed by atoms with Crippen LogP contribution in [0.1, 0.15) is 30.0 Å². The molecule has 1 aromatic heterocycles. The number of thiazole rings is 1. The molecule has 1 aliphatic heterocycles. The fourth-order valence-electron chi connectivity index (χ4n) is 2.74. The van der Waals surface area contributed by atoms with Gasteiger partial charge >= 0.3 is 6.18 Å². The van der Waals surface area contributed by atoms with Gasteiger partial charge < -0.3 is 15.0 Å². The van der Waals surface area contributed by atoms with Gasteiger partial charge in [0, 0.05) is 52.2 Å².